The van der Waals surface area contributed by atoms with Crippen molar-refractivity contribution in [2.45, 2.75) is 32.3 Å². The Morgan fingerprint density at radius 1 is 1.29 bits per heavy atom. The molecule has 0 radical (unpaired) electrons. The number of aliphatic hydroxyl groups is 1. The van der Waals surface area contributed by atoms with Gasteiger partial charge in [0.25, 0.3) is 0 Å². The third-order valence-corrected chi connectivity index (χ3v) is 1.69. The van der Waals surface area contributed by atoms with Gasteiger partial charge >= 0.3 is 11.9 Å². The molecule has 0 aliphatic rings. The van der Waals surface area contributed by atoms with Gasteiger partial charge in [-0.1, -0.05) is 11.6 Å². The van der Waals surface area contributed by atoms with Gasteiger partial charge in [-0.05, 0) is 13.8 Å². The van der Waals surface area contributed by atoms with E-state index in [1.54, 1.807) is 13.8 Å². The van der Waals surface area contributed by atoms with Crippen LogP contribution in [0.5, 0.6) is 0 Å². The van der Waals surface area contributed by atoms with Crippen LogP contribution < -0.4 is 0 Å². The second-order valence-electron chi connectivity index (χ2n) is 3.39. The maximum Gasteiger partial charge on any atom is 0.336 e. The van der Waals surface area contributed by atoms with Gasteiger partial charge in [0, 0.05) is 6.42 Å². The van der Waals surface area contributed by atoms with E-state index in [1.807, 2.05) is 0 Å². The van der Waals surface area contributed by atoms with Crippen LogP contribution in [0.3, 0.4) is 0 Å². The molecule has 1 atom stereocenters. The lowest BCUT2D eigenvalue weighted by Gasteiger charge is -2.19. The van der Waals surface area contributed by atoms with Crippen LogP contribution in [0.25, 0.3) is 0 Å². The quantitative estimate of drug-likeness (QED) is 0.568. The second-order valence-corrected chi connectivity index (χ2v) is 3.39. The first kappa shape index (κ1) is 12.6. The molecule has 0 bridgehead atoms. The van der Waals surface area contributed by atoms with Crippen molar-refractivity contribution >= 4 is 11.9 Å². The van der Waals surface area contributed by atoms with Gasteiger partial charge in [0.2, 0.25) is 0 Å². The van der Waals surface area contributed by atoms with Crippen LogP contribution in [0, 0.1) is 0 Å². The Morgan fingerprint density at radius 3 is 2.07 bits per heavy atom. The zero-order valence-electron chi connectivity index (χ0n) is 8.15. The van der Waals surface area contributed by atoms with Crippen molar-refractivity contribution in [3.8, 4) is 0 Å². The number of hydrogen-bond donors (Lipinski definition) is 3. The van der Waals surface area contributed by atoms with Crippen LogP contribution in [0.1, 0.15) is 26.7 Å². The molecule has 80 valence electrons. The molecule has 0 aromatic heterocycles. The molecule has 0 saturated carbocycles. The lowest BCUT2D eigenvalue weighted by Crippen LogP contribution is -2.40. The minimum atomic E-state index is -2.21. The van der Waals surface area contributed by atoms with Crippen molar-refractivity contribution in [3.05, 3.63) is 11.6 Å². The summed E-state index contributed by atoms with van der Waals surface area (Å²) in [4.78, 5) is 20.9. The molecule has 0 aliphatic heterocycles. The largest absolute Gasteiger partial charge is 0.481 e. The Morgan fingerprint density at radius 2 is 1.79 bits per heavy atom. The summed E-state index contributed by atoms with van der Waals surface area (Å²) in [6.07, 6.45) is 0.500. The van der Waals surface area contributed by atoms with Crippen molar-refractivity contribution in [1.29, 1.82) is 0 Å². The smallest absolute Gasteiger partial charge is 0.336 e. The number of carbonyl (C=O) groups is 2. The maximum absolute atomic E-state index is 10.6. The predicted octanol–water partition coefficient (Wildman–Crippen LogP) is 0.633. The van der Waals surface area contributed by atoms with Gasteiger partial charge in [-0.2, -0.15) is 0 Å². The number of carboxylic acids is 2. The second kappa shape index (κ2) is 4.76. The van der Waals surface area contributed by atoms with E-state index in [9.17, 15) is 14.7 Å². The van der Waals surface area contributed by atoms with Crippen LogP contribution in [-0.4, -0.2) is 32.9 Å². The fourth-order valence-electron chi connectivity index (χ4n) is 0.858. The molecule has 0 rings (SSSR count). The first-order chi connectivity index (χ1) is 6.28. The normalized spacial score (nSPS) is 14.2. The highest BCUT2D eigenvalue weighted by atomic mass is 16.4. The summed E-state index contributed by atoms with van der Waals surface area (Å²) in [5, 5.41) is 26.6. The molecule has 0 aromatic carbocycles. The molecule has 5 nitrogen and oxygen atoms in total. The topological polar surface area (TPSA) is 94.8 Å². The van der Waals surface area contributed by atoms with E-state index < -0.39 is 24.0 Å². The van der Waals surface area contributed by atoms with Gasteiger partial charge in [-0.25, -0.2) is 4.79 Å². The van der Waals surface area contributed by atoms with Gasteiger partial charge < -0.3 is 15.3 Å². The third-order valence-electron chi connectivity index (χ3n) is 1.69. The van der Waals surface area contributed by atoms with Gasteiger partial charge in [-0.3, -0.25) is 4.79 Å². The van der Waals surface area contributed by atoms with Crippen molar-refractivity contribution in [2.24, 2.45) is 0 Å². The summed E-state index contributed by atoms with van der Waals surface area (Å²) >= 11 is 0. The van der Waals surface area contributed by atoms with E-state index in [2.05, 4.69) is 0 Å². The van der Waals surface area contributed by atoms with Crippen LogP contribution in [-0.2, 0) is 9.59 Å². The van der Waals surface area contributed by atoms with Crippen LogP contribution in [0.4, 0.5) is 0 Å². The van der Waals surface area contributed by atoms with Crippen molar-refractivity contribution in [3.63, 3.8) is 0 Å². The Bertz CT molecular complexity index is 264. The minimum Gasteiger partial charge on any atom is -0.481 e. The number of hydrogen-bond acceptors (Lipinski definition) is 3. The average molecular weight is 202 g/mol. The average Bonchev–Trinajstić information content (AvgIpc) is 1.99. The van der Waals surface area contributed by atoms with Gasteiger partial charge in [0.1, 0.15) is 0 Å². The Labute approximate surface area is 81.7 Å². The lowest BCUT2D eigenvalue weighted by molar-refractivity contribution is -0.164. The Hall–Kier alpha value is -1.36. The molecule has 0 fully saturated rings. The van der Waals surface area contributed by atoms with Gasteiger partial charge in [-0.15, -0.1) is 0 Å². The molecule has 0 aromatic rings. The molecule has 0 heterocycles. The highest BCUT2D eigenvalue weighted by molar-refractivity contribution is 5.83. The number of rotatable bonds is 5. The molecule has 0 spiro atoms. The Kier molecular flexibility index (Phi) is 4.30. The summed E-state index contributed by atoms with van der Waals surface area (Å²) in [6, 6.07) is 0. The van der Waals surface area contributed by atoms with E-state index >= 15 is 0 Å². The molecule has 1 unspecified atom stereocenters. The highest BCUT2D eigenvalue weighted by Crippen LogP contribution is 2.17. The van der Waals surface area contributed by atoms with Crippen LogP contribution >= 0.6 is 0 Å². The van der Waals surface area contributed by atoms with Gasteiger partial charge in [0.05, 0.1) is 6.42 Å². The number of allylic oxidation sites excluding steroid dienone is 1. The minimum absolute atomic E-state index is 0.197. The van der Waals surface area contributed by atoms with Gasteiger partial charge in [0.15, 0.2) is 5.60 Å². The first-order valence-corrected chi connectivity index (χ1v) is 4.09. The molecule has 0 aliphatic carbocycles. The first-order valence-electron chi connectivity index (χ1n) is 4.09. The van der Waals surface area contributed by atoms with E-state index in [4.69, 9.17) is 10.2 Å². The molecule has 3 N–H and O–H groups in total. The standard InChI is InChI=1S/C9H14O5/c1-6(2)3-4-9(14,8(12)13)5-7(10)11/h3,14H,4-5H2,1-2H3,(H,10,11)(H,12,13). The predicted molar refractivity (Wildman–Crippen MR) is 48.9 cm³/mol. The fourth-order valence-corrected chi connectivity index (χ4v) is 0.858. The zero-order chi connectivity index (χ0) is 11.4. The molecular weight excluding hydrogens is 188 g/mol. The van der Waals surface area contributed by atoms with E-state index in [1.165, 1.54) is 6.08 Å². The molecule has 14 heavy (non-hydrogen) atoms. The number of aliphatic carboxylic acids is 2. The monoisotopic (exact) mass is 202 g/mol. The summed E-state index contributed by atoms with van der Waals surface area (Å²) in [5.41, 5.74) is -1.38. The van der Waals surface area contributed by atoms with Crippen LogP contribution in [0.15, 0.2) is 11.6 Å². The molecule has 0 amide bonds. The lowest BCUT2D eigenvalue weighted by atomic mass is 9.95. The summed E-state index contributed by atoms with van der Waals surface area (Å²) in [7, 11) is 0. The van der Waals surface area contributed by atoms with Crippen molar-refractivity contribution < 1.29 is 24.9 Å². The van der Waals surface area contributed by atoms with E-state index in [0.717, 1.165) is 5.57 Å². The van der Waals surface area contributed by atoms with Crippen molar-refractivity contribution in [2.75, 3.05) is 0 Å². The van der Waals surface area contributed by atoms with E-state index in [0.29, 0.717) is 0 Å². The highest BCUT2D eigenvalue weighted by Gasteiger charge is 2.37. The van der Waals surface area contributed by atoms with E-state index in [-0.39, 0.29) is 6.42 Å². The SMILES string of the molecule is CC(C)=CCC(O)(CC(=O)O)C(=O)O. The van der Waals surface area contributed by atoms with Crippen LogP contribution in [0.2, 0.25) is 0 Å². The van der Waals surface area contributed by atoms with Crippen molar-refractivity contribution in [1.82, 2.24) is 0 Å². The molecule has 5 heteroatoms. The fraction of sp³-hybridized carbons (Fsp3) is 0.556. The maximum atomic E-state index is 10.6. The molecule has 0 saturated heterocycles. The summed E-state index contributed by atoms with van der Waals surface area (Å²) in [5.74, 6) is -2.85. The summed E-state index contributed by atoms with van der Waals surface area (Å²) < 4.78 is 0. The number of carboxylic acid groups (broad SMARTS) is 2. The Balaban J connectivity index is 4.64. The zero-order valence-corrected chi connectivity index (χ0v) is 8.15. The molecular formula is C9H14O5. The summed E-state index contributed by atoms with van der Waals surface area (Å²) in [6.45, 7) is 3.48. The third kappa shape index (κ3) is 4.04.